The van der Waals surface area contributed by atoms with Crippen molar-refractivity contribution in [1.82, 2.24) is 10.3 Å². The topological polar surface area (TPSA) is 51.2 Å². The molecule has 3 rings (SSSR count). The summed E-state index contributed by atoms with van der Waals surface area (Å²) in [5.74, 6) is -2.63. The van der Waals surface area contributed by atoms with Crippen LogP contribution >= 0.6 is 11.6 Å². The Kier molecular flexibility index (Phi) is 6.12. The van der Waals surface area contributed by atoms with Crippen LogP contribution in [0.15, 0.2) is 73.1 Å². The van der Waals surface area contributed by atoms with E-state index in [1.54, 1.807) is 66.0 Å². The second-order valence-corrected chi connectivity index (χ2v) is 6.67. The van der Waals surface area contributed by atoms with Crippen LogP contribution in [-0.4, -0.2) is 17.1 Å². The van der Waals surface area contributed by atoms with Crippen LogP contribution in [0.2, 0.25) is 5.15 Å². The van der Waals surface area contributed by atoms with Gasteiger partial charge in [0.05, 0.1) is 11.1 Å². The SMILES string of the molecule is C=C(O/C(NC(=O)C(F)(F)F)=C(\C)c1ccccc1)c1cc2ccccc2nc1Cl. The third-order valence-electron chi connectivity index (χ3n) is 4.24. The van der Waals surface area contributed by atoms with Crippen molar-refractivity contribution in [2.24, 2.45) is 0 Å². The van der Waals surface area contributed by atoms with Crippen molar-refractivity contribution in [3.05, 3.63) is 89.4 Å². The quantitative estimate of drug-likeness (QED) is 0.401. The average molecular weight is 433 g/mol. The Labute approximate surface area is 175 Å². The molecule has 0 spiro atoms. The van der Waals surface area contributed by atoms with Crippen molar-refractivity contribution in [2.75, 3.05) is 0 Å². The number of carbonyl (C=O) groups excluding carboxylic acids is 1. The molecule has 0 atom stereocenters. The molecule has 154 valence electrons. The van der Waals surface area contributed by atoms with Gasteiger partial charge in [-0.3, -0.25) is 10.1 Å². The number of amides is 1. The van der Waals surface area contributed by atoms with E-state index < -0.39 is 18.0 Å². The summed E-state index contributed by atoms with van der Waals surface area (Å²) in [6.07, 6.45) is -5.09. The molecule has 4 nitrogen and oxygen atoms in total. The summed E-state index contributed by atoms with van der Waals surface area (Å²) in [7, 11) is 0. The number of carbonyl (C=O) groups is 1. The molecule has 1 N–H and O–H groups in total. The Bertz CT molecular complexity index is 1140. The van der Waals surface area contributed by atoms with E-state index in [4.69, 9.17) is 16.3 Å². The standard InChI is InChI=1S/C22H16ClF3N2O2/c1-13(15-8-4-3-5-9-15)20(28-21(29)22(24,25)26)30-14(2)17-12-16-10-6-7-11-18(16)27-19(17)23/h3-12H,2H2,1H3,(H,28,29)/b20-13+. The second-order valence-electron chi connectivity index (χ2n) is 6.32. The zero-order valence-corrected chi connectivity index (χ0v) is 16.5. The van der Waals surface area contributed by atoms with Gasteiger partial charge in [0.25, 0.3) is 0 Å². The van der Waals surface area contributed by atoms with Crippen LogP contribution in [0.5, 0.6) is 0 Å². The van der Waals surface area contributed by atoms with E-state index in [0.717, 1.165) is 5.39 Å². The number of benzene rings is 2. The highest BCUT2D eigenvalue weighted by Crippen LogP contribution is 2.29. The molecule has 0 unspecified atom stereocenters. The van der Waals surface area contributed by atoms with Gasteiger partial charge in [-0.15, -0.1) is 0 Å². The molecule has 1 heterocycles. The number of rotatable bonds is 5. The molecule has 0 fully saturated rings. The smallest absolute Gasteiger partial charge is 0.441 e. The summed E-state index contributed by atoms with van der Waals surface area (Å²) in [6.45, 7) is 5.29. The number of fused-ring (bicyclic) bond motifs is 1. The highest BCUT2D eigenvalue weighted by molar-refractivity contribution is 6.31. The molecule has 3 aromatic rings. The molecular weight excluding hydrogens is 417 g/mol. The minimum atomic E-state index is -5.09. The number of ether oxygens (including phenoxy) is 1. The molecular formula is C22H16ClF3N2O2. The van der Waals surface area contributed by atoms with Gasteiger partial charge in [-0.25, -0.2) is 4.98 Å². The predicted molar refractivity (Wildman–Crippen MR) is 110 cm³/mol. The summed E-state index contributed by atoms with van der Waals surface area (Å²) < 4.78 is 44.1. The van der Waals surface area contributed by atoms with Crippen LogP contribution in [0.1, 0.15) is 18.1 Å². The van der Waals surface area contributed by atoms with E-state index in [-0.39, 0.29) is 22.0 Å². The summed E-state index contributed by atoms with van der Waals surface area (Å²) in [5.41, 5.74) is 1.76. The molecule has 8 heteroatoms. The number of para-hydroxylation sites is 1. The van der Waals surface area contributed by atoms with E-state index in [1.165, 1.54) is 6.92 Å². The third kappa shape index (κ3) is 4.80. The Hall–Kier alpha value is -3.32. The molecule has 30 heavy (non-hydrogen) atoms. The first-order valence-corrected chi connectivity index (χ1v) is 9.11. The minimum Gasteiger partial charge on any atom is -0.441 e. The van der Waals surface area contributed by atoms with Crippen LogP contribution in [0.3, 0.4) is 0 Å². The Morgan fingerprint density at radius 1 is 1.10 bits per heavy atom. The fourth-order valence-corrected chi connectivity index (χ4v) is 2.91. The first kappa shape index (κ1) is 21.4. The molecule has 0 aliphatic heterocycles. The number of allylic oxidation sites excluding steroid dienone is 1. The lowest BCUT2D eigenvalue weighted by molar-refractivity contribution is -0.173. The number of hydrogen-bond donors (Lipinski definition) is 1. The maximum atomic E-state index is 12.8. The van der Waals surface area contributed by atoms with E-state index in [2.05, 4.69) is 11.6 Å². The van der Waals surface area contributed by atoms with Gasteiger partial charge < -0.3 is 4.74 Å². The molecule has 1 amide bonds. The number of aromatic nitrogens is 1. The average Bonchev–Trinajstić information content (AvgIpc) is 2.72. The summed E-state index contributed by atoms with van der Waals surface area (Å²) in [5, 5.41) is 2.59. The second kappa shape index (κ2) is 8.59. The maximum Gasteiger partial charge on any atom is 0.471 e. The highest BCUT2D eigenvalue weighted by atomic mass is 35.5. The van der Waals surface area contributed by atoms with Gasteiger partial charge in [-0.2, -0.15) is 13.2 Å². The molecule has 0 aliphatic rings. The van der Waals surface area contributed by atoms with Gasteiger partial charge in [0.15, 0.2) is 0 Å². The van der Waals surface area contributed by atoms with Crippen molar-refractivity contribution >= 4 is 39.7 Å². The number of nitrogens with zero attached hydrogens (tertiary/aromatic N) is 1. The molecule has 0 radical (unpaired) electrons. The normalized spacial score (nSPS) is 12.3. The lowest BCUT2D eigenvalue weighted by Crippen LogP contribution is -2.37. The molecule has 0 aliphatic carbocycles. The molecule has 0 bridgehead atoms. The van der Waals surface area contributed by atoms with Crippen molar-refractivity contribution in [2.45, 2.75) is 13.1 Å². The van der Waals surface area contributed by atoms with Gasteiger partial charge >= 0.3 is 12.1 Å². The van der Waals surface area contributed by atoms with Crippen LogP contribution < -0.4 is 5.32 Å². The third-order valence-corrected chi connectivity index (χ3v) is 4.52. The lowest BCUT2D eigenvalue weighted by atomic mass is 10.1. The first-order chi connectivity index (χ1) is 14.2. The first-order valence-electron chi connectivity index (χ1n) is 8.73. The van der Waals surface area contributed by atoms with Crippen molar-refractivity contribution < 1.29 is 22.7 Å². The van der Waals surface area contributed by atoms with Crippen LogP contribution in [-0.2, 0) is 9.53 Å². The van der Waals surface area contributed by atoms with Gasteiger partial charge in [0, 0.05) is 11.0 Å². The van der Waals surface area contributed by atoms with Gasteiger partial charge in [-0.05, 0) is 24.6 Å². The van der Waals surface area contributed by atoms with E-state index >= 15 is 0 Å². The number of alkyl halides is 3. The van der Waals surface area contributed by atoms with Crippen molar-refractivity contribution in [3.63, 3.8) is 0 Å². The Morgan fingerprint density at radius 2 is 1.73 bits per heavy atom. The number of hydrogen-bond acceptors (Lipinski definition) is 3. The van der Waals surface area contributed by atoms with E-state index in [9.17, 15) is 18.0 Å². The zero-order valence-electron chi connectivity index (χ0n) is 15.8. The Balaban J connectivity index is 1.99. The molecule has 2 aromatic carbocycles. The monoisotopic (exact) mass is 432 g/mol. The van der Waals surface area contributed by atoms with Crippen LogP contribution in [0.25, 0.3) is 22.2 Å². The van der Waals surface area contributed by atoms with E-state index in [1.807, 2.05) is 0 Å². The number of nitrogens with one attached hydrogen (secondary N) is 1. The zero-order chi connectivity index (χ0) is 21.9. The minimum absolute atomic E-state index is 0.0639. The van der Waals surface area contributed by atoms with Gasteiger partial charge in [-0.1, -0.05) is 66.7 Å². The lowest BCUT2D eigenvalue weighted by Gasteiger charge is -2.18. The highest BCUT2D eigenvalue weighted by Gasteiger charge is 2.39. The van der Waals surface area contributed by atoms with Gasteiger partial charge in [0.2, 0.25) is 5.88 Å². The van der Waals surface area contributed by atoms with Crippen molar-refractivity contribution in [3.8, 4) is 0 Å². The van der Waals surface area contributed by atoms with Gasteiger partial charge in [0.1, 0.15) is 10.9 Å². The van der Waals surface area contributed by atoms with E-state index in [0.29, 0.717) is 11.1 Å². The number of halogens is 4. The summed E-state index contributed by atoms with van der Waals surface area (Å²) >= 11 is 6.22. The summed E-state index contributed by atoms with van der Waals surface area (Å²) in [6, 6.07) is 17.3. The predicted octanol–water partition coefficient (Wildman–Crippen LogP) is 5.94. The largest absolute Gasteiger partial charge is 0.471 e. The van der Waals surface area contributed by atoms with Crippen LogP contribution in [0, 0.1) is 0 Å². The number of pyridine rings is 1. The summed E-state index contributed by atoms with van der Waals surface area (Å²) in [4.78, 5) is 15.8. The maximum absolute atomic E-state index is 12.8. The van der Waals surface area contributed by atoms with Crippen molar-refractivity contribution in [1.29, 1.82) is 0 Å². The van der Waals surface area contributed by atoms with Crippen LogP contribution in [0.4, 0.5) is 13.2 Å². The molecule has 1 aromatic heterocycles. The fraction of sp³-hybridized carbons (Fsp3) is 0.0909. The fourth-order valence-electron chi connectivity index (χ4n) is 2.66. The Morgan fingerprint density at radius 3 is 2.40 bits per heavy atom. The molecule has 0 saturated heterocycles. The molecule has 0 saturated carbocycles.